The third-order valence-corrected chi connectivity index (χ3v) is 4.70. The number of hydrogen-bond donors (Lipinski definition) is 1. The Kier molecular flexibility index (Phi) is 6.23. The fourth-order valence-corrected chi connectivity index (χ4v) is 3.30. The fourth-order valence-electron chi connectivity index (χ4n) is 3.17. The molecule has 2 aromatic rings. The fraction of sp³-hybridized carbons (Fsp3) is 0.300. The third kappa shape index (κ3) is 5.22. The number of halogens is 4. The lowest BCUT2D eigenvalue weighted by atomic mass is 9.83. The van der Waals surface area contributed by atoms with Gasteiger partial charge in [-0.3, -0.25) is 0 Å². The number of amides is 2. The summed E-state index contributed by atoms with van der Waals surface area (Å²) in [5.41, 5.74) is 1.23. The maximum Gasteiger partial charge on any atom is 0.573 e. The Labute approximate surface area is 176 Å². The van der Waals surface area contributed by atoms with Crippen molar-refractivity contribution in [3.05, 3.63) is 59.1 Å². The van der Waals surface area contributed by atoms with Gasteiger partial charge in [0.05, 0.1) is 24.3 Å². The molecule has 0 radical (unpaired) electrons. The minimum atomic E-state index is -4.78. The van der Waals surface area contributed by atoms with E-state index in [1.165, 1.54) is 17.1 Å². The molecule has 30 heavy (non-hydrogen) atoms. The van der Waals surface area contributed by atoms with E-state index in [0.29, 0.717) is 23.0 Å². The molecule has 2 amide bonds. The number of alkyl halides is 3. The van der Waals surface area contributed by atoms with Gasteiger partial charge in [-0.15, -0.1) is 13.2 Å². The van der Waals surface area contributed by atoms with Gasteiger partial charge >= 0.3 is 12.4 Å². The first-order chi connectivity index (χ1) is 14.1. The van der Waals surface area contributed by atoms with Gasteiger partial charge in [-0.1, -0.05) is 23.7 Å². The molecule has 1 aliphatic rings. The van der Waals surface area contributed by atoms with Gasteiger partial charge in [-0.05, 0) is 48.9 Å². The number of methoxy groups -OCH3 is 1. The lowest BCUT2D eigenvalue weighted by Crippen LogP contribution is -2.38. The van der Waals surface area contributed by atoms with Crippen molar-refractivity contribution in [2.75, 3.05) is 25.6 Å². The number of urea groups is 1. The molecule has 1 aliphatic heterocycles. The summed E-state index contributed by atoms with van der Waals surface area (Å²) in [7, 11) is 1.57. The molecule has 0 aliphatic carbocycles. The second-order valence-electron chi connectivity index (χ2n) is 7.01. The lowest BCUT2D eigenvalue weighted by Gasteiger charge is -2.25. The van der Waals surface area contributed by atoms with Crippen LogP contribution in [0.5, 0.6) is 5.75 Å². The average Bonchev–Trinajstić information content (AvgIpc) is 3.00. The van der Waals surface area contributed by atoms with Crippen LogP contribution >= 0.6 is 11.6 Å². The predicted octanol–water partition coefficient (Wildman–Crippen LogP) is 5.14. The Morgan fingerprint density at radius 3 is 2.40 bits per heavy atom. The maximum atomic E-state index is 12.7. The van der Waals surface area contributed by atoms with Crippen molar-refractivity contribution in [2.45, 2.75) is 13.3 Å². The Balaban J connectivity index is 1.76. The van der Waals surface area contributed by atoms with Crippen molar-refractivity contribution in [1.82, 2.24) is 5.01 Å². The molecule has 0 fully saturated rings. The predicted molar refractivity (Wildman–Crippen MR) is 107 cm³/mol. The number of carbonyl (C=O) groups is 1. The number of benzene rings is 2. The maximum absolute atomic E-state index is 12.7. The molecule has 0 bridgehead atoms. The molecule has 1 atom stereocenters. The number of ether oxygens (including phenoxy) is 2. The van der Waals surface area contributed by atoms with E-state index in [4.69, 9.17) is 16.3 Å². The van der Waals surface area contributed by atoms with E-state index in [-0.39, 0.29) is 12.3 Å². The highest BCUT2D eigenvalue weighted by Gasteiger charge is 2.41. The van der Waals surface area contributed by atoms with Crippen molar-refractivity contribution < 1.29 is 27.4 Å². The first kappa shape index (κ1) is 21.9. The summed E-state index contributed by atoms with van der Waals surface area (Å²) in [6.07, 6.45) is -4.78. The number of carbonyl (C=O) groups excluding carboxylic acids is 1. The normalized spacial score (nSPS) is 18.9. The summed E-state index contributed by atoms with van der Waals surface area (Å²) in [5, 5.41) is 8.93. The molecule has 2 aromatic carbocycles. The van der Waals surface area contributed by atoms with E-state index >= 15 is 0 Å². The molecule has 0 spiro atoms. The molecule has 1 N–H and O–H groups in total. The van der Waals surface area contributed by atoms with Gasteiger partial charge in [0.15, 0.2) is 0 Å². The molecule has 3 rings (SSSR count). The van der Waals surface area contributed by atoms with Crippen LogP contribution in [0, 0.1) is 5.41 Å². The molecule has 10 heteroatoms. The van der Waals surface area contributed by atoms with Crippen LogP contribution in [-0.2, 0) is 4.74 Å². The molecular formula is C20H19ClF3N3O3. The lowest BCUT2D eigenvalue weighted by molar-refractivity contribution is -0.274. The van der Waals surface area contributed by atoms with Crippen molar-refractivity contribution in [1.29, 1.82) is 0 Å². The Bertz CT molecular complexity index is 933. The van der Waals surface area contributed by atoms with E-state index in [1.54, 1.807) is 19.2 Å². The van der Waals surface area contributed by atoms with Crippen LogP contribution in [0.2, 0.25) is 5.02 Å². The van der Waals surface area contributed by atoms with Crippen LogP contribution in [0.4, 0.5) is 23.7 Å². The summed E-state index contributed by atoms with van der Waals surface area (Å²) < 4.78 is 45.9. The molecule has 6 nitrogen and oxygen atoms in total. The smallest absolute Gasteiger partial charge is 0.406 e. The second-order valence-corrected chi connectivity index (χ2v) is 7.45. The summed E-state index contributed by atoms with van der Waals surface area (Å²) in [4.78, 5) is 12.7. The second kappa shape index (κ2) is 8.53. The average molecular weight is 442 g/mol. The van der Waals surface area contributed by atoms with Gasteiger partial charge in [-0.25, -0.2) is 9.80 Å². The van der Waals surface area contributed by atoms with Crippen LogP contribution in [0.1, 0.15) is 12.5 Å². The van der Waals surface area contributed by atoms with E-state index in [1.807, 2.05) is 19.1 Å². The highest BCUT2D eigenvalue weighted by Crippen LogP contribution is 2.32. The molecule has 160 valence electrons. The van der Waals surface area contributed by atoms with E-state index in [2.05, 4.69) is 15.2 Å². The molecule has 0 saturated heterocycles. The highest BCUT2D eigenvalue weighted by molar-refractivity contribution is 6.30. The van der Waals surface area contributed by atoms with Gasteiger partial charge in [0.1, 0.15) is 5.75 Å². The first-order valence-corrected chi connectivity index (χ1v) is 9.26. The van der Waals surface area contributed by atoms with E-state index in [9.17, 15) is 18.0 Å². The van der Waals surface area contributed by atoms with Crippen LogP contribution in [-0.4, -0.2) is 43.4 Å². The zero-order valence-corrected chi connectivity index (χ0v) is 16.9. The van der Waals surface area contributed by atoms with Crippen molar-refractivity contribution >= 4 is 29.0 Å². The van der Waals surface area contributed by atoms with Crippen LogP contribution in [0.25, 0.3) is 0 Å². The summed E-state index contributed by atoms with van der Waals surface area (Å²) >= 11 is 5.96. The number of rotatable bonds is 5. The molecular weight excluding hydrogens is 423 g/mol. The molecule has 1 heterocycles. The molecule has 0 saturated carbocycles. The minimum Gasteiger partial charge on any atom is -0.406 e. The number of nitrogens with zero attached hydrogens (tertiary/aromatic N) is 2. The topological polar surface area (TPSA) is 63.2 Å². The third-order valence-electron chi connectivity index (χ3n) is 4.45. The minimum absolute atomic E-state index is 0.264. The van der Waals surface area contributed by atoms with Crippen LogP contribution < -0.4 is 10.1 Å². The largest absolute Gasteiger partial charge is 0.573 e. The Morgan fingerprint density at radius 1 is 1.20 bits per heavy atom. The van der Waals surface area contributed by atoms with Crippen LogP contribution in [0.3, 0.4) is 0 Å². The van der Waals surface area contributed by atoms with Gasteiger partial charge in [0.25, 0.3) is 0 Å². The standard InChI is InChI=1S/C20H19ClF3N3O3/c1-19(12-29-2)11-27(26-17(19)13-3-5-14(21)6-4-13)18(28)25-15-7-9-16(10-8-15)30-20(22,23)24/h3-10H,11-12H2,1-2H3,(H,25,28). The van der Waals surface area contributed by atoms with Crippen molar-refractivity contribution in [3.63, 3.8) is 0 Å². The molecule has 0 aromatic heterocycles. The zero-order chi connectivity index (χ0) is 21.9. The first-order valence-electron chi connectivity index (χ1n) is 8.88. The quantitative estimate of drug-likeness (QED) is 0.698. The number of hydrazone groups is 1. The van der Waals surface area contributed by atoms with Gasteiger partial charge in [0, 0.05) is 17.8 Å². The van der Waals surface area contributed by atoms with Gasteiger partial charge < -0.3 is 14.8 Å². The van der Waals surface area contributed by atoms with Gasteiger partial charge in [-0.2, -0.15) is 5.10 Å². The van der Waals surface area contributed by atoms with Crippen molar-refractivity contribution in [3.8, 4) is 5.75 Å². The number of nitrogens with one attached hydrogen (secondary N) is 1. The number of anilines is 1. The highest BCUT2D eigenvalue weighted by atomic mass is 35.5. The zero-order valence-electron chi connectivity index (χ0n) is 16.2. The van der Waals surface area contributed by atoms with Crippen molar-refractivity contribution in [2.24, 2.45) is 10.5 Å². The SMILES string of the molecule is COCC1(C)CN(C(=O)Nc2ccc(OC(F)(F)F)cc2)N=C1c1ccc(Cl)cc1. The monoisotopic (exact) mass is 441 g/mol. The Morgan fingerprint density at radius 2 is 1.83 bits per heavy atom. The summed E-state index contributed by atoms with van der Waals surface area (Å²) in [5.74, 6) is -0.377. The van der Waals surface area contributed by atoms with E-state index < -0.39 is 17.8 Å². The molecule has 1 unspecified atom stereocenters. The van der Waals surface area contributed by atoms with E-state index in [0.717, 1.165) is 17.7 Å². The summed E-state index contributed by atoms with van der Waals surface area (Å²) in [6.45, 7) is 2.53. The number of hydrogen-bond acceptors (Lipinski definition) is 4. The Hall–Kier alpha value is -2.78. The summed E-state index contributed by atoms with van der Waals surface area (Å²) in [6, 6.07) is 11.4. The van der Waals surface area contributed by atoms with Crippen LogP contribution in [0.15, 0.2) is 53.6 Å². The van der Waals surface area contributed by atoms with Gasteiger partial charge in [0.2, 0.25) is 0 Å².